The summed E-state index contributed by atoms with van der Waals surface area (Å²) >= 11 is 0. The Bertz CT molecular complexity index is 195. The molecular formula is C14H28N2. The summed E-state index contributed by atoms with van der Waals surface area (Å²) < 4.78 is 0. The van der Waals surface area contributed by atoms with Crippen LogP contribution in [0.25, 0.3) is 0 Å². The van der Waals surface area contributed by atoms with Gasteiger partial charge >= 0.3 is 0 Å². The molecule has 2 fully saturated rings. The SMILES string of the molecule is CCCC1(CCC)CN(C2CCNCC2)C1. The third-order valence-electron chi connectivity index (χ3n) is 4.46. The Kier molecular flexibility index (Phi) is 4.26. The molecule has 2 saturated heterocycles. The summed E-state index contributed by atoms with van der Waals surface area (Å²) in [5.41, 5.74) is 0.703. The molecule has 2 heteroatoms. The van der Waals surface area contributed by atoms with Gasteiger partial charge in [0.1, 0.15) is 0 Å². The summed E-state index contributed by atoms with van der Waals surface area (Å²) in [6, 6.07) is 0.892. The van der Waals surface area contributed by atoms with Crippen LogP contribution in [0.4, 0.5) is 0 Å². The fourth-order valence-corrected chi connectivity index (χ4v) is 3.75. The molecule has 0 amide bonds. The first kappa shape index (κ1) is 12.4. The van der Waals surface area contributed by atoms with E-state index in [-0.39, 0.29) is 0 Å². The second-order valence-corrected chi connectivity index (χ2v) is 5.89. The van der Waals surface area contributed by atoms with Crippen LogP contribution in [0, 0.1) is 5.41 Å². The minimum absolute atomic E-state index is 0.703. The molecule has 2 aliphatic heterocycles. The minimum Gasteiger partial charge on any atom is -0.317 e. The Balaban J connectivity index is 1.80. The van der Waals surface area contributed by atoms with E-state index in [1.165, 1.54) is 64.7 Å². The molecule has 16 heavy (non-hydrogen) atoms. The second kappa shape index (κ2) is 5.50. The van der Waals surface area contributed by atoms with Gasteiger partial charge in [0, 0.05) is 19.1 Å². The van der Waals surface area contributed by atoms with E-state index >= 15 is 0 Å². The quantitative estimate of drug-likeness (QED) is 0.772. The summed E-state index contributed by atoms with van der Waals surface area (Å²) in [7, 11) is 0. The first-order valence-electron chi connectivity index (χ1n) is 7.24. The van der Waals surface area contributed by atoms with E-state index in [4.69, 9.17) is 0 Å². The highest BCUT2D eigenvalue weighted by molar-refractivity contribution is 4.97. The van der Waals surface area contributed by atoms with Crippen LogP contribution in [0.15, 0.2) is 0 Å². The van der Waals surface area contributed by atoms with Crippen molar-refractivity contribution in [2.75, 3.05) is 26.2 Å². The van der Waals surface area contributed by atoms with Crippen molar-refractivity contribution < 1.29 is 0 Å². The van der Waals surface area contributed by atoms with Crippen molar-refractivity contribution in [1.29, 1.82) is 0 Å². The van der Waals surface area contributed by atoms with E-state index in [9.17, 15) is 0 Å². The number of nitrogens with one attached hydrogen (secondary N) is 1. The Morgan fingerprint density at radius 1 is 1.06 bits per heavy atom. The maximum atomic E-state index is 3.46. The van der Waals surface area contributed by atoms with Crippen molar-refractivity contribution in [3.8, 4) is 0 Å². The molecule has 2 aliphatic rings. The molecule has 0 aromatic carbocycles. The standard InChI is InChI=1S/C14H28N2/c1-3-7-14(8-4-2)11-16(12-14)13-5-9-15-10-6-13/h13,15H,3-12H2,1-2H3. The fraction of sp³-hybridized carbons (Fsp3) is 1.00. The average molecular weight is 224 g/mol. The minimum atomic E-state index is 0.703. The predicted molar refractivity (Wildman–Crippen MR) is 69.7 cm³/mol. The second-order valence-electron chi connectivity index (χ2n) is 5.89. The number of hydrogen-bond acceptors (Lipinski definition) is 2. The van der Waals surface area contributed by atoms with Gasteiger partial charge < -0.3 is 5.32 Å². The highest BCUT2D eigenvalue weighted by Gasteiger charge is 2.43. The van der Waals surface area contributed by atoms with E-state index in [0.29, 0.717) is 5.41 Å². The van der Waals surface area contributed by atoms with E-state index in [0.717, 1.165) is 6.04 Å². The van der Waals surface area contributed by atoms with E-state index < -0.39 is 0 Å². The number of piperidine rings is 1. The normalized spacial score (nSPS) is 26.6. The van der Waals surface area contributed by atoms with Crippen LogP contribution in [-0.4, -0.2) is 37.1 Å². The summed E-state index contributed by atoms with van der Waals surface area (Å²) in [6.45, 7) is 9.92. The van der Waals surface area contributed by atoms with Gasteiger partial charge in [-0.15, -0.1) is 0 Å². The van der Waals surface area contributed by atoms with Crippen LogP contribution in [0.2, 0.25) is 0 Å². The van der Waals surface area contributed by atoms with Crippen molar-refractivity contribution in [2.24, 2.45) is 5.41 Å². The van der Waals surface area contributed by atoms with Crippen molar-refractivity contribution in [1.82, 2.24) is 10.2 Å². The zero-order valence-electron chi connectivity index (χ0n) is 11.1. The van der Waals surface area contributed by atoms with Gasteiger partial charge in [-0.1, -0.05) is 26.7 Å². The molecule has 94 valence electrons. The van der Waals surface area contributed by atoms with Gasteiger partial charge in [-0.25, -0.2) is 0 Å². The zero-order chi connectivity index (χ0) is 11.4. The fourth-order valence-electron chi connectivity index (χ4n) is 3.75. The van der Waals surface area contributed by atoms with Gasteiger partial charge in [0.15, 0.2) is 0 Å². The summed E-state index contributed by atoms with van der Waals surface area (Å²) in [5.74, 6) is 0. The van der Waals surface area contributed by atoms with E-state index in [1.807, 2.05) is 0 Å². The first-order chi connectivity index (χ1) is 7.79. The molecule has 0 saturated carbocycles. The third kappa shape index (κ3) is 2.60. The van der Waals surface area contributed by atoms with Crippen LogP contribution in [0.3, 0.4) is 0 Å². The predicted octanol–water partition coefficient (Wildman–Crippen LogP) is 2.64. The van der Waals surface area contributed by atoms with Crippen molar-refractivity contribution in [2.45, 2.75) is 58.4 Å². The molecule has 2 rings (SSSR count). The molecule has 2 heterocycles. The molecule has 0 radical (unpaired) electrons. The molecule has 0 unspecified atom stereocenters. The molecule has 0 aromatic heterocycles. The number of nitrogens with zero attached hydrogens (tertiary/aromatic N) is 1. The Hall–Kier alpha value is -0.0800. The molecule has 0 aliphatic carbocycles. The van der Waals surface area contributed by atoms with Crippen LogP contribution in [0.5, 0.6) is 0 Å². The Morgan fingerprint density at radius 3 is 2.12 bits per heavy atom. The third-order valence-corrected chi connectivity index (χ3v) is 4.46. The molecule has 0 bridgehead atoms. The average Bonchev–Trinajstić information content (AvgIpc) is 2.27. The largest absolute Gasteiger partial charge is 0.317 e. The lowest BCUT2D eigenvalue weighted by Gasteiger charge is -2.54. The van der Waals surface area contributed by atoms with Gasteiger partial charge in [0.25, 0.3) is 0 Å². The van der Waals surface area contributed by atoms with Gasteiger partial charge in [-0.3, -0.25) is 4.90 Å². The summed E-state index contributed by atoms with van der Waals surface area (Å²) in [5, 5.41) is 3.46. The monoisotopic (exact) mass is 224 g/mol. The van der Waals surface area contributed by atoms with Crippen LogP contribution in [0.1, 0.15) is 52.4 Å². The van der Waals surface area contributed by atoms with E-state index in [2.05, 4.69) is 24.1 Å². The van der Waals surface area contributed by atoms with Crippen LogP contribution >= 0.6 is 0 Å². The molecule has 0 spiro atoms. The number of hydrogen-bond donors (Lipinski definition) is 1. The molecule has 2 nitrogen and oxygen atoms in total. The molecule has 0 aromatic rings. The number of rotatable bonds is 5. The lowest BCUT2D eigenvalue weighted by molar-refractivity contribution is -0.0508. The molecule has 1 N–H and O–H groups in total. The van der Waals surface area contributed by atoms with Crippen LogP contribution in [-0.2, 0) is 0 Å². The summed E-state index contributed by atoms with van der Waals surface area (Å²) in [4.78, 5) is 2.76. The lowest BCUT2D eigenvalue weighted by atomic mass is 9.71. The van der Waals surface area contributed by atoms with Gasteiger partial charge in [-0.05, 0) is 44.2 Å². The smallest absolute Gasteiger partial charge is 0.0120 e. The van der Waals surface area contributed by atoms with Crippen molar-refractivity contribution in [3.63, 3.8) is 0 Å². The van der Waals surface area contributed by atoms with Gasteiger partial charge in [0.05, 0.1) is 0 Å². The molecule has 0 atom stereocenters. The highest BCUT2D eigenvalue weighted by atomic mass is 15.2. The highest BCUT2D eigenvalue weighted by Crippen LogP contribution is 2.41. The lowest BCUT2D eigenvalue weighted by Crippen LogP contribution is -2.61. The maximum absolute atomic E-state index is 3.46. The van der Waals surface area contributed by atoms with Gasteiger partial charge in [-0.2, -0.15) is 0 Å². The van der Waals surface area contributed by atoms with Crippen molar-refractivity contribution >= 4 is 0 Å². The van der Waals surface area contributed by atoms with E-state index in [1.54, 1.807) is 0 Å². The molecular weight excluding hydrogens is 196 g/mol. The number of likely N-dealkylation sites (tertiary alicyclic amines) is 1. The van der Waals surface area contributed by atoms with Crippen molar-refractivity contribution in [3.05, 3.63) is 0 Å². The van der Waals surface area contributed by atoms with Gasteiger partial charge in [0.2, 0.25) is 0 Å². The Labute approximate surface area is 101 Å². The maximum Gasteiger partial charge on any atom is 0.0120 e. The first-order valence-corrected chi connectivity index (χ1v) is 7.24. The van der Waals surface area contributed by atoms with Crippen LogP contribution < -0.4 is 5.32 Å². The Morgan fingerprint density at radius 2 is 1.62 bits per heavy atom. The topological polar surface area (TPSA) is 15.3 Å². The zero-order valence-corrected chi connectivity index (χ0v) is 11.1. The summed E-state index contributed by atoms with van der Waals surface area (Å²) in [6.07, 6.45) is 8.35.